The summed E-state index contributed by atoms with van der Waals surface area (Å²) in [5.74, 6) is 0. The van der Waals surface area contributed by atoms with Crippen molar-refractivity contribution < 1.29 is 0 Å². The van der Waals surface area contributed by atoms with Gasteiger partial charge in [-0.25, -0.2) is 0 Å². The molecular weight excluding hydrogens is 232 g/mol. The van der Waals surface area contributed by atoms with Crippen molar-refractivity contribution in [3.05, 3.63) is 0 Å². The number of hydrogen-bond donors (Lipinski definition) is 2. The maximum atomic E-state index is 3.93. The van der Waals surface area contributed by atoms with Crippen LogP contribution in [0.15, 0.2) is 0 Å². The molecule has 2 aliphatic rings. The molecule has 0 bridgehead atoms. The molecule has 0 aromatic rings. The van der Waals surface area contributed by atoms with Gasteiger partial charge in [-0.1, -0.05) is 59.3 Å². The largest absolute Gasteiger partial charge is 0.299 e. The standard InChI is InChI=1S/C17H34N2/c1-17(2,3)16(18-14-10-6-4-7-11-14)19-15-12-8-5-9-13-15/h14-16,18-19H,4-13H2,1-3H3. The summed E-state index contributed by atoms with van der Waals surface area (Å²) >= 11 is 0. The number of rotatable bonds is 4. The predicted molar refractivity (Wildman–Crippen MR) is 83.3 cm³/mol. The van der Waals surface area contributed by atoms with Gasteiger partial charge in [-0.3, -0.25) is 10.6 Å². The van der Waals surface area contributed by atoms with Crippen LogP contribution in [0.3, 0.4) is 0 Å². The third-order valence-corrected chi connectivity index (χ3v) is 4.88. The number of hydrogen-bond acceptors (Lipinski definition) is 2. The molecular formula is C17H34N2. The molecule has 2 N–H and O–H groups in total. The van der Waals surface area contributed by atoms with Crippen molar-refractivity contribution in [1.29, 1.82) is 0 Å². The maximum Gasteiger partial charge on any atom is 0.0625 e. The molecule has 2 rings (SSSR count). The highest BCUT2D eigenvalue weighted by molar-refractivity contribution is 4.86. The Balaban J connectivity index is 1.87. The first-order valence-electron chi connectivity index (χ1n) is 8.58. The first kappa shape index (κ1) is 15.3. The predicted octanol–water partition coefficient (Wildman–Crippen LogP) is 4.20. The number of nitrogens with one attached hydrogen (secondary N) is 2. The summed E-state index contributed by atoms with van der Waals surface area (Å²) in [5, 5.41) is 7.86. The normalized spacial score (nSPS) is 24.0. The average Bonchev–Trinajstić information content (AvgIpc) is 2.39. The first-order chi connectivity index (χ1) is 9.05. The molecule has 0 aromatic heterocycles. The average molecular weight is 266 g/mol. The summed E-state index contributed by atoms with van der Waals surface area (Å²) in [6.07, 6.45) is 14.5. The topological polar surface area (TPSA) is 24.1 Å². The first-order valence-corrected chi connectivity index (χ1v) is 8.58. The van der Waals surface area contributed by atoms with Gasteiger partial charge in [0.15, 0.2) is 0 Å². The Morgan fingerprint density at radius 2 is 1.05 bits per heavy atom. The molecule has 0 aliphatic heterocycles. The van der Waals surface area contributed by atoms with E-state index in [1.165, 1.54) is 64.2 Å². The van der Waals surface area contributed by atoms with Crippen molar-refractivity contribution in [1.82, 2.24) is 10.6 Å². The summed E-state index contributed by atoms with van der Waals surface area (Å²) in [5.41, 5.74) is 0.300. The van der Waals surface area contributed by atoms with Crippen LogP contribution in [0.5, 0.6) is 0 Å². The fraction of sp³-hybridized carbons (Fsp3) is 1.00. The maximum absolute atomic E-state index is 3.93. The lowest BCUT2D eigenvalue weighted by Crippen LogP contribution is -2.57. The molecule has 2 saturated carbocycles. The zero-order valence-electron chi connectivity index (χ0n) is 13.3. The Morgan fingerprint density at radius 3 is 1.37 bits per heavy atom. The van der Waals surface area contributed by atoms with E-state index in [0.717, 1.165) is 12.1 Å². The Morgan fingerprint density at radius 1 is 0.684 bits per heavy atom. The van der Waals surface area contributed by atoms with Crippen molar-refractivity contribution in [3.63, 3.8) is 0 Å². The molecule has 0 amide bonds. The molecule has 0 unspecified atom stereocenters. The van der Waals surface area contributed by atoms with Gasteiger partial charge in [0.1, 0.15) is 0 Å². The van der Waals surface area contributed by atoms with Gasteiger partial charge >= 0.3 is 0 Å². The highest BCUT2D eigenvalue weighted by Crippen LogP contribution is 2.25. The fourth-order valence-corrected chi connectivity index (χ4v) is 3.56. The Hall–Kier alpha value is -0.0800. The molecule has 2 nitrogen and oxygen atoms in total. The molecule has 0 atom stereocenters. The third-order valence-electron chi connectivity index (χ3n) is 4.88. The second-order valence-corrected chi connectivity index (χ2v) is 7.80. The second kappa shape index (κ2) is 7.08. The van der Waals surface area contributed by atoms with Gasteiger partial charge in [0.05, 0.1) is 6.17 Å². The van der Waals surface area contributed by atoms with Gasteiger partial charge in [0.2, 0.25) is 0 Å². The summed E-state index contributed by atoms with van der Waals surface area (Å²) < 4.78 is 0. The lowest BCUT2D eigenvalue weighted by Gasteiger charge is -2.40. The van der Waals surface area contributed by atoms with Crippen LogP contribution in [0.2, 0.25) is 0 Å². The van der Waals surface area contributed by atoms with Gasteiger partial charge in [-0.15, -0.1) is 0 Å². The van der Waals surface area contributed by atoms with Gasteiger partial charge in [0, 0.05) is 12.1 Å². The molecule has 0 aromatic carbocycles. The smallest absolute Gasteiger partial charge is 0.0625 e. The van der Waals surface area contributed by atoms with E-state index >= 15 is 0 Å². The van der Waals surface area contributed by atoms with E-state index in [2.05, 4.69) is 31.4 Å². The van der Waals surface area contributed by atoms with Crippen LogP contribution in [-0.2, 0) is 0 Å². The van der Waals surface area contributed by atoms with E-state index in [-0.39, 0.29) is 0 Å². The van der Waals surface area contributed by atoms with Crippen LogP contribution >= 0.6 is 0 Å². The summed E-state index contributed by atoms with van der Waals surface area (Å²) in [6.45, 7) is 7.09. The van der Waals surface area contributed by atoms with Crippen molar-refractivity contribution in [2.75, 3.05) is 0 Å². The molecule has 19 heavy (non-hydrogen) atoms. The minimum atomic E-state index is 0.300. The highest BCUT2D eigenvalue weighted by Gasteiger charge is 2.29. The SMILES string of the molecule is CC(C)(C)C(NC1CCCCC1)NC1CCCCC1. The van der Waals surface area contributed by atoms with Crippen LogP contribution in [0, 0.1) is 5.41 Å². The van der Waals surface area contributed by atoms with E-state index in [0.29, 0.717) is 11.6 Å². The van der Waals surface area contributed by atoms with Gasteiger partial charge in [-0.05, 0) is 31.1 Å². The van der Waals surface area contributed by atoms with Gasteiger partial charge in [0.25, 0.3) is 0 Å². The van der Waals surface area contributed by atoms with E-state index < -0.39 is 0 Å². The molecule has 0 spiro atoms. The molecule has 0 saturated heterocycles. The highest BCUT2D eigenvalue weighted by atomic mass is 15.2. The Bertz CT molecular complexity index is 224. The Labute approximate surface area is 120 Å². The summed E-state index contributed by atoms with van der Waals surface area (Å²) in [6, 6.07) is 1.49. The van der Waals surface area contributed by atoms with Crippen LogP contribution in [0.1, 0.15) is 85.0 Å². The van der Waals surface area contributed by atoms with Crippen LogP contribution in [0.25, 0.3) is 0 Å². The minimum Gasteiger partial charge on any atom is -0.299 e. The molecule has 2 heteroatoms. The molecule has 2 fully saturated rings. The summed E-state index contributed by atoms with van der Waals surface area (Å²) in [7, 11) is 0. The van der Waals surface area contributed by atoms with Crippen molar-refractivity contribution >= 4 is 0 Å². The van der Waals surface area contributed by atoms with Crippen molar-refractivity contribution in [3.8, 4) is 0 Å². The molecule has 2 aliphatic carbocycles. The van der Waals surface area contributed by atoms with E-state index in [1.54, 1.807) is 0 Å². The Kier molecular flexibility index (Phi) is 5.70. The van der Waals surface area contributed by atoms with E-state index in [4.69, 9.17) is 0 Å². The zero-order valence-corrected chi connectivity index (χ0v) is 13.3. The summed E-state index contributed by atoms with van der Waals surface area (Å²) in [4.78, 5) is 0. The quantitative estimate of drug-likeness (QED) is 0.745. The monoisotopic (exact) mass is 266 g/mol. The second-order valence-electron chi connectivity index (χ2n) is 7.80. The third kappa shape index (κ3) is 5.07. The van der Waals surface area contributed by atoms with Crippen molar-refractivity contribution in [2.45, 2.75) is 103 Å². The van der Waals surface area contributed by atoms with Crippen LogP contribution in [-0.4, -0.2) is 18.2 Å². The zero-order chi connectivity index (χ0) is 13.7. The fourth-order valence-electron chi connectivity index (χ4n) is 3.56. The lowest BCUT2D eigenvalue weighted by atomic mass is 9.87. The molecule has 0 heterocycles. The lowest BCUT2D eigenvalue weighted by molar-refractivity contribution is 0.163. The van der Waals surface area contributed by atoms with Gasteiger partial charge in [-0.2, -0.15) is 0 Å². The molecule has 0 radical (unpaired) electrons. The molecule has 112 valence electrons. The van der Waals surface area contributed by atoms with Crippen LogP contribution < -0.4 is 10.6 Å². The minimum absolute atomic E-state index is 0.300. The van der Waals surface area contributed by atoms with Gasteiger partial charge < -0.3 is 0 Å². The van der Waals surface area contributed by atoms with Crippen LogP contribution in [0.4, 0.5) is 0 Å². The van der Waals surface area contributed by atoms with Crippen molar-refractivity contribution in [2.24, 2.45) is 5.41 Å². The van der Waals surface area contributed by atoms with E-state index in [9.17, 15) is 0 Å². The van der Waals surface area contributed by atoms with E-state index in [1.807, 2.05) is 0 Å².